The van der Waals surface area contributed by atoms with Crippen molar-refractivity contribution in [1.82, 2.24) is 0 Å². The van der Waals surface area contributed by atoms with Gasteiger partial charge in [-0.15, -0.1) is 0 Å². The van der Waals surface area contributed by atoms with Gasteiger partial charge in [0.1, 0.15) is 11.2 Å². The van der Waals surface area contributed by atoms with Gasteiger partial charge >= 0.3 is 5.97 Å². The van der Waals surface area contributed by atoms with Gasteiger partial charge in [0.2, 0.25) is 0 Å². The van der Waals surface area contributed by atoms with Gasteiger partial charge in [-0.05, 0) is 23.8 Å². The molecule has 1 heterocycles. The molecule has 0 aliphatic rings. The molecule has 1 N–H and O–H groups in total. The summed E-state index contributed by atoms with van der Waals surface area (Å²) in [5.74, 6) is -0.959. The molecule has 0 bridgehead atoms. The zero-order valence-corrected chi connectivity index (χ0v) is 9.46. The minimum atomic E-state index is -0.959. The van der Waals surface area contributed by atoms with E-state index < -0.39 is 5.97 Å². The quantitative estimate of drug-likeness (QED) is 0.693. The van der Waals surface area contributed by atoms with Crippen molar-refractivity contribution in [1.29, 1.82) is 0 Å². The van der Waals surface area contributed by atoms with E-state index in [9.17, 15) is 4.79 Å². The van der Waals surface area contributed by atoms with Gasteiger partial charge in [-0.2, -0.15) is 0 Å². The number of fused-ring (bicyclic) bond motifs is 3. The summed E-state index contributed by atoms with van der Waals surface area (Å²) in [4.78, 5) is 10.6. The molecule has 0 unspecified atom stereocenters. The molecule has 2 aromatic carbocycles. The smallest absolute Gasteiger partial charge is 0.328 e. The van der Waals surface area contributed by atoms with Crippen LogP contribution in [-0.2, 0) is 4.79 Å². The summed E-state index contributed by atoms with van der Waals surface area (Å²) >= 11 is 0. The van der Waals surface area contributed by atoms with Gasteiger partial charge in [-0.25, -0.2) is 4.79 Å². The number of rotatable bonds is 2. The second kappa shape index (κ2) is 4.04. The van der Waals surface area contributed by atoms with Crippen LogP contribution in [0.2, 0.25) is 0 Å². The number of para-hydroxylation sites is 1. The number of carbonyl (C=O) groups is 1. The zero-order chi connectivity index (χ0) is 12.5. The van der Waals surface area contributed by atoms with Crippen LogP contribution in [0.15, 0.2) is 53.0 Å². The first-order chi connectivity index (χ1) is 8.75. The van der Waals surface area contributed by atoms with E-state index in [1.807, 2.05) is 42.5 Å². The van der Waals surface area contributed by atoms with Crippen LogP contribution >= 0.6 is 0 Å². The van der Waals surface area contributed by atoms with E-state index in [0.29, 0.717) is 0 Å². The van der Waals surface area contributed by atoms with Crippen LogP contribution in [0, 0.1) is 0 Å². The maximum Gasteiger partial charge on any atom is 0.328 e. The highest BCUT2D eigenvalue weighted by Gasteiger charge is 2.08. The Morgan fingerprint density at radius 1 is 1.06 bits per heavy atom. The average molecular weight is 238 g/mol. The minimum absolute atomic E-state index is 0.767. The third-order valence-corrected chi connectivity index (χ3v) is 2.84. The third kappa shape index (κ3) is 1.66. The number of aliphatic carboxylic acids is 1. The molecule has 0 radical (unpaired) electrons. The Balaban J connectivity index is 2.34. The standard InChI is InChI=1S/C15H10O3/c16-14(17)9-8-10-4-3-7-13-15(10)11-5-1-2-6-12(11)18-13/h1-9H,(H,16,17). The van der Waals surface area contributed by atoms with E-state index in [2.05, 4.69) is 0 Å². The van der Waals surface area contributed by atoms with E-state index in [-0.39, 0.29) is 0 Å². The van der Waals surface area contributed by atoms with Crippen LogP contribution in [0.3, 0.4) is 0 Å². The van der Waals surface area contributed by atoms with Crippen molar-refractivity contribution in [3.8, 4) is 0 Å². The van der Waals surface area contributed by atoms with Crippen molar-refractivity contribution >= 4 is 34.0 Å². The van der Waals surface area contributed by atoms with Crippen molar-refractivity contribution < 1.29 is 14.3 Å². The minimum Gasteiger partial charge on any atom is -0.478 e. The van der Waals surface area contributed by atoms with E-state index in [1.165, 1.54) is 0 Å². The van der Waals surface area contributed by atoms with Gasteiger partial charge in [-0.1, -0.05) is 30.3 Å². The molecule has 0 aliphatic carbocycles. The molecule has 1 aromatic heterocycles. The molecule has 18 heavy (non-hydrogen) atoms. The zero-order valence-electron chi connectivity index (χ0n) is 9.46. The SMILES string of the molecule is O=C(O)C=Cc1cccc2oc3ccccc3c12. The van der Waals surface area contributed by atoms with Gasteiger partial charge < -0.3 is 9.52 Å². The van der Waals surface area contributed by atoms with Gasteiger partial charge in [0.25, 0.3) is 0 Å². The Hall–Kier alpha value is -2.55. The molecule has 3 aromatic rings. The van der Waals surface area contributed by atoms with Crippen molar-refractivity contribution in [2.24, 2.45) is 0 Å². The first kappa shape index (κ1) is 10.6. The summed E-state index contributed by atoms with van der Waals surface area (Å²) in [5.41, 5.74) is 2.42. The summed E-state index contributed by atoms with van der Waals surface area (Å²) in [6.45, 7) is 0. The lowest BCUT2D eigenvalue weighted by atomic mass is 10.1. The van der Waals surface area contributed by atoms with Crippen molar-refractivity contribution in [2.45, 2.75) is 0 Å². The van der Waals surface area contributed by atoms with Crippen LogP contribution in [0.25, 0.3) is 28.0 Å². The predicted octanol–water partition coefficient (Wildman–Crippen LogP) is 3.68. The molecule has 0 fully saturated rings. The van der Waals surface area contributed by atoms with Crippen LogP contribution in [-0.4, -0.2) is 11.1 Å². The molecule has 3 nitrogen and oxygen atoms in total. The van der Waals surface area contributed by atoms with Crippen LogP contribution in [0.5, 0.6) is 0 Å². The summed E-state index contributed by atoms with van der Waals surface area (Å²) < 4.78 is 5.72. The second-order valence-electron chi connectivity index (χ2n) is 3.99. The molecule has 88 valence electrons. The third-order valence-electron chi connectivity index (χ3n) is 2.84. The lowest BCUT2D eigenvalue weighted by molar-refractivity contribution is -0.131. The lowest BCUT2D eigenvalue weighted by Gasteiger charge is -1.95. The van der Waals surface area contributed by atoms with E-state index in [0.717, 1.165) is 33.6 Å². The van der Waals surface area contributed by atoms with E-state index in [4.69, 9.17) is 9.52 Å². The van der Waals surface area contributed by atoms with Crippen LogP contribution in [0.1, 0.15) is 5.56 Å². The maximum absolute atomic E-state index is 10.6. The van der Waals surface area contributed by atoms with Crippen LogP contribution < -0.4 is 0 Å². The van der Waals surface area contributed by atoms with Crippen LogP contribution in [0.4, 0.5) is 0 Å². The number of carboxylic acids is 1. The Bertz CT molecular complexity index is 766. The summed E-state index contributed by atoms with van der Waals surface area (Å²) in [6.07, 6.45) is 2.73. The molecule has 0 spiro atoms. The molecular weight excluding hydrogens is 228 g/mol. The summed E-state index contributed by atoms with van der Waals surface area (Å²) in [7, 11) is 0. The Labute approximate surface area is 103 Å². The first-order valence-electron chi connectivity index (χ1n) is 5.57. The van der Waals surface area contributed by atoms with Gasteiger partial charge in [0.05, 0.1) is 0 Å². The summed E-state index contributed by atoms with van der Waals surface area (Å²) in [5, 5.41) is 10.6. The fraction of sp³-hybridized carbons (Fsp3) is 0. The molecule has 3 rings (SSSR count). The number of benzene rings is 2. The second-order valence-corrected chi connectivity index (χ2v) is 3.99. The number of furan rings is 1. The molecule has 0 saturated carbocycles. The highest BCUT2D eigenvalue weighted by atomic mass is 16.4. The normalized spacial score (nSPS) is 11.6. The molecule has 0 atom stereocenters. The number of hydrogen-bond donors (Lipinski definition) is 1. The number of hydrogen-bond acceptors (Lipinski definition) is 2. The molecular formula is C15H10O3. The lowest BCUT2D eigenvalue weighted by Crippen LogP contribution is -1.85. The Morgan fingerprint density at radius 3 is 2.67 bits per heavy atom. The van der Waals surface area contributed by atoms with Crippen molar-refractivity contribution in [2.75, 3.05) is 0 Å². The largest absolute Gasteiger partial charge is 0.478 e. The molecule has 0 saturated heterocycles. The predicted molar refractivity (Wildman–Crippen MR) is 70.4 cm³/mol. The number of carboxylic acid groups (broad SMARTS) is 1. The van der Waals surface area contributed by atoms with E-state index in [1.54, 1.807) is 6.08 Å². The van der Waals surface area contributed by atoms with Gasteiger partial charge in [-0.3, -0.25) is 0 Å². The Kier molecular flexibility index (Phi) is 2.38. The molecule has 0 amide bonds. The Morgan fingerprint density at radius 2 is 1.83 bits per heavy atom. The van der Waals surface area contributed by atoms with Crippen molar-refractivity contribution in [3.63, 3.8) is 0 Å². The van der Waals surface area contributed by atoms with E-state index >= 15 is 0 Å². The van der Waals surface area contributed by atoms with Gasteiger partial charge in [0, 0.05) is 16.8 Å². The fourth-order valence-corrected chi connectivity index (χ4v) is 2.10. The fourth-order valence-electron chi connectivity index (χ4n) is 2.10. The maximum atomic E-state index is 10.6. The molecule has 3 heteroatoms. The monoisotopic (exact) mass is 238 g/mol. The van der Waals surface area contributed by atoms with Gasteiger partial charge in [0.15, 0.2) is 0 Å². The highest BCUT2D eigenvalue weighted by molar-refractivity contribution is 6.09. The average Bonchev–Trinajstić information content (AvgIpc) is 2.75. The topological polar surface area (TPSA) is 50.4 Å². The summed E-state index contributed by atoms with van der Waals surface area (Å²) in [6, 6.07) is 13.3. The first-order valence-corrected chi connectivity index (χ1v) is 5.57. The highest BCUT2D eigenvalue weighted by Crippen LogP contribution is 2.31. The van der Waals surface area contributed by atoms with Crippen molar-refractivity contribution in [3.05, 3.63) is 54.1 Å². The molecule has 0 aliphatic heterocycles.